The average molecular weight is 255 g/mol. The maximum absolute atomic E-state index is 11.9. The van der Waals surface area contributed by atoms with Gasteiger partial charge in [0.1, 0.15) is 0 Å². The Kier molecular flexibility index (Phi) is 6.12. The Morgan fingerprint density at radius 2 is 1.94 bits per heavy atom. The molecule has 0 spiro atoms. The minimum absolute atomic E-state index is 0.128. The predicted molar refractivity (Wildman–Crippen MR) is 71.2 cm³/mol. The lowest BCUT2D eigenvalue weighted by molar-refractivity contribution is -0.134. The molecule has 1 saturated heterocycles. The third-order valence-corrected chi connectivity index (χ3v) is 3.45. The molecule has 5 heteroatoms. The topological polar surface area (TPSA) is 61.4 Å². The van der Waals surface area contributed by atoms with E-state index in [0.717, 1.165) is 32.4 Å². The quantitative estimate of drug-likeness (QED) is 0.752. The van der Waals surface area contributed by atoms with Gasteiger partial charge in [-0.05, 0) is 33.2 Å². The van der Waals surface area contributed by atoms with Crippen LogP contribution in [0.3, 0.4) is 0 Å². The summed E-state index contributed by atoms with van der Waals surface area (Å²) in [4.78, 5) is 25.3. The van der Waals surface area contributed by atoms with Crippen LogP contribution in [0.5, 0.6) is 0 Å². The lowest BCUT2D eigenvalue weighted by Crippen LogP contribution is -2.50. The molecular formula is C13H25N3O2. The predicted octanol–water partition coefficient (Wildman–Crippen LogP) is 0.502. The summed E-state index contributed by atoms with van der Waals surface area (Å²) in [6.45, 7) is 5.35. The van der Waals surface area contributed by atoms with Gasteiger partial charge in [0.05, 0.1) is 6.04 Å². The zero-order valence-electron chi connectivity index (χ0n) is 11.7. The SMILES string of the molecule is CCCC(=O)NC1CCN(C(=O)C(C)NC)CC1. The van der Waals surface area contributed by atoms with E-state index in [4.69, 9.17) is 0 Å². The first kappa shape index (κ1) is 15.0. The number of likely N-dealkylation sites (N-methyl/N-ethyl adjacent to an activating group) is 1. The fourth-order valence-electron chi connectivity index (χ4n) is 2.17. The minimum atomic E-state index is -0.128. The van der Waals surface area contributed by atoms with Crippen molar-refractivity contribution in [1.82, 2.24) is 15.5 Å². The number of nitrogens with zero attached hydrogens (tertiary/aromatic N) is 1. The first-order valence-corrected chi connectivity index (χ1v) is 6.83. The lowest BCUT2D eigenvalue weighted by atomic mass is 10.0. The summed E-state index contributed by atoms with van der Waals surface area (Å²) in [7, 11) is 1.79. The van der Waals surface area contributed by atoms with Crippen LogP contribution in [0.1, 0.15) is 39.5 Å². The van der Waals surface area contributed by atoms with Crippen LogP contribution in [0.4, 0.5) is 0 Å². The van der Waals surface area contributed by atoms with Gasteiger partial charge in [-0.25, -0.2) is 0 Å². The van der Waals surface area contributed by atoms with Crippen LogP contribution in [-0.2, 0) is 9.59 Å². The number of amides is 2. The van der Waals surface area contributed by atoms with Gasteiger partial charge in [0, 0.05) is 25.6 Å². The van der Waals surface area contributed by atoms with Crippen LogP contribution in [0, 0.1) is 0 Å². The molecule has 0 aromatic heterocycles. The zero-order chi connectivity index (χ0) is 13.5. The van der Waals surface area contributed by atoms with Crippen molar-refractivity contribution in [2.75, 3.05) is 20.1 Å². The number of likely N-dealkylation sites (tertiary alicyclic amines) is 1. The van der Waals surface area contributed by atoms with E-state index < -0.39 is 0 Å². The van der Waals surface area contributed by atoms with E-state index in [1.807, 2.05) is 18.7 Å². The molecule has 1 atom stereocenters. The fourth-order valence-corrected chi connectivity index (χ4v) is 2.17. The number of hydrogen-bond acceptors (Lipinski definition) is 3. The number of hydrogen-bond donors (Lipinski definition) is 2. The highest BCUT2D eigenvalue weighted by Crippen LogP contribution is 2.11. The summed E-state index contributed by atoms with van der Waals surface area (Å²) in [5, 5.41) is 5.99. The number of nitrogens with one attached hydrogen (secondary N) is 2. The molecule has 2 amide bonds. The number of carbonyl (C=O) groups is 2. The second-order valence-electron chi connectivity index (χ2n) is 4.93. The van der Waals surface area contributed by atoms with Crippen LogP contribution < -0.4 is 10.6 Å². The van der Waals surface area contributed by atoms with Gasteiger partial charge in [-0.3, -0.25) is 9.59 Å². The van der Waals surface area contributed by atoms with Gasteiger partial charge in [0.25, 0.3) is 0 Å². The van der Waals surface area contributed by atoms with Gasteiger partial charge in [0.15, 0.2) is 0 Å². The first-order valence-electron chi connectivity index (χ1n) is 6.83. The van der Waals surface area contributed by atoms with E-state index in [1.165, 1.54) is 0 Å². The smallest absolute Gasteiger partial charge is 0.239 e. The second kappa shape index (κ2) is 7.36. The van der Waals surface area contributed by atoms with Crippen molar-refractivity contribution in [3.8, 4) is 0 Å². The molecule has 1 fully saturated rings. The molecule has 104 valence electrons. The van der Waals surface area contributed by atoms with Crippen molar-refractivity contribution >= 4 is 11.8 Å². The van der Waals surface area contributed by atoms with Gasteiger partial charge in [-0.15, -0.1) is 0 Å². The van der Waals surface area contributed by atoms with Crippen LogP contribution in [0.25, 0.3) is 0 Å². The van der Waals surface area contributed by atoms with Crippen molar-refractivity contribution in [3.63, 3.8) is 0 Å². The first-order chi connectivity index (χ1) is 8.58. The Labute approximate surface area is 109 Å². The maximum atomic E-state index is 11.9. The Hall–Kier alpha value is -1.10. The molecule has 18 heavy (non-hydrogen) atoms. The molecule has 0 bridgehead atoms. The average Bonchev–Trinajstić information content (AvgIpc) is 2.38. The summed E-state index contributed by atoms with van der Waals surface area (Å²) in [5.74, 6) is 0.279. The molecule has 1 aliphatic heterocycles. The highest BCUT2D eigenvalue weighted by Gasteiger charge is 2.25. The van der Waals surface area contributed by atoms with E-state index in [1.54, 1.807) is 7.05 Å². The summed E-state index contributed by atoms with van der Waals surface area (Å²) in [6.07, 6.45) is 3.19. The molecule has 1 aliphatic rings. The van der Waals surface area contributed by atoms with Gasteiger partial charge in [0.2, 0.25) is 11.8 Å². The normalized spacial score (nSPS) is 18.5. The van der Waals surface area contributed by atoms with Crippen LogP contribution in [-0.4, -0.2) is 48.9 Å². The summed E-state index contributed by atoms with van der Waals surface area (Å²) < 4.78 is 0. The number of piperidine rings is 1. The van der Waals surface area contributed by atoms with Gasteiger partial charge < -0.3 is 15.5 Å². The number of carbonyl (C=O) groups excluding carboxylic acids is 2. The lowest BCUT2D eigenvalue weighted by Gasteiger charge is -2.33. The largest absolute Gasteiger partial charge is 0.353 e. The minimum Gasteiger partial charge on any atom is -0.353 e. The Morgan fingerprint density at radius 1 is 1.33 bits per heavy atom. The van der Waals surface area contributed by atoms with Gasteiger partial charge in [-0.2, -0.15) is 0 Å². The molecular weight excluding hydrogens is 230 g/mol. The van der Waals surface area contributed by atoms with Crippen LogP contribution >= 0.6 is 0 Å². The van der Waals surface area contributed by atoms with Gasteiger partial charge >= 0.3 is 0 Å². The molecule has 0 radical (unpaired) electrons. The van der Waals surface area contributed by atoms with Crippen LogP contribution in [0.15, 0.2) is 0 Å². The fraction of sp³-hybridized carbons (Fsp3) is 0.846. The van der Waals surface area contributed by atoms with Crippen molar-refractivity contribution in [2.45, 2.75) is 51.6 Å². The standard InChI is InChI=1S/C13H25N3O2/c1-4-5-12(17)15-11-6-8-16(9-7-11)13(18)10(2)14-3/h10-11,14H,4-9H2,1-3H3,(H,15,17). The van der Waals surface area contributed by atoms with Crippen molar-refractivity contribution in [1.29, 1.82) is 0 Å². The van der Waals surface area contributed by atoms with E-state index in [9.17, 15) is 9.59 Å². The molecule has 5 nitrogen and oxygen atoms in total. The molecule has 1 rings (SSSR count). The molecule has 2 N–H and O–H groups in total. The Bertz CT molecular complexity index is 286. The van der Waals surface area contributed by atoms with Crippen molar-refractivity contribution < 1.29 is 9.59 Å². The summed E-state index contributed by atoms with van der Waals surface area (Å²) in [5.41, 5.74) is 0. The second-order valence-corrected chi connectivity index (χ2v) is 4.93. The molecule has 0 aromatic carbocycles. The molecule has 0 saturated carbocycles. The van der Waals surface area contributed by atoms with E-state index in [0.29, 0.717) is 6.42 Å². The zero-order valence-corrected chi connectivity index (χ0v) is 11.7. The Morgan fingerprint density at radius 3 is 2.44 bits per heavy atom. The highest BCUT2D eigenvalue weighted by molar-refractivity contribution is 5.81. The maximum Gasteiger partial charge on any atom is 0.239 e. The number of rotatable bonds is 5. The summed E-state index contributed by atoms with van der Waals surface area (Å²) >= 11 is 0. The molecule has 1 unspecified atom stereocenters. The Balaban J connectivity index is 2.32. The molecule has 1 heterocycles. The highest BCUT2D eigenvalue weighted by atomic mass is 16.2. The van der Waals surface area contributed by atoms with Crippen molar-refractivity contribution in [2.24, 2.45) is 0 Å². The third-order valence-electron chi connectivity index (χ3n) is 3.45. The van der Waals surface area contributed by atoms with E-state index in [-0.39, 0.29) is 23.9 Å². The van der Waals surface area contributed by atoms with Gasteiger partial charge in [-0.1, -0.05) is 6.92 Å². The van der Waals surface area contributed by atoms with Crippen LogP contribution in [0.2, 0.25) is 0 Å². The third kappa shape index (κ3) is 4.29. The van der Waals surface area contributed by atoms with E-state index in [2.05, 4.69) is 10.6 Å². The van der Waals surface area contributed by atoms with E-state index >= 15 is 0 Å². The molecule has 0 aromatic rings. The monoisotopic (exact) mass is 255 g/mol. The summed E-state index contributed by atoms with van der Waals surface area (Å²) in [6, 6.07) is 0.106. The molecule has 0 aliphatic carbocycles. The van der Waals surface area contributed by atoms with Crippen molar-refractivity contribution in [3.05, 3.63) is 0 Å².